The standard InChI is InChI=1S/C27H28Cl2N2O2/c1-18-9-10-19(2)22(13-18)15-26(32)31(17-21-11-12-23(28)16-24(21)29)25(27(33)30-3)14-20-7-5-4-6-8-20/h4-13,16,25H,14-15,17H2,1-3H3,(H,30,33). The summed E-state index contributed by atoms with van der Waals surface area (Å²) in [7, 11) is 1.59. The molecule has 3 aromatic rings. The lowest BCUT2D eigenvalue weighted by Gasteiger charge is -2.31. The monoisotopic (exact) mass is 482 g/mol. The number of hydrogen-bond acceptors (Lipinski definition) is 2. The Morgan fingerprint density at radius 3 is 2.33 bits per heavy atom. The van der Waals surface area contributed by atoms with Crippen molar-refractivity contribution in [2.45, 2.75) is 39.3 Å². The van der Waals surface area contributed by atoms with Gasteiger partial charge in [-0.05, 0) is 48.2 Å². The van der Waals surface area contributed by atoms with E-state index in [2.05, 4.69) is 5.32 Å². The van der Waals surface area contributed by atoms with E-state index in [0.29, 0.717) is 16.5 Å². The van der Waals surface area contributed by atoms with Crippen LogP contribution in [0.2, 0.25) is 10.0 Å². The third kappa shape index (κ3) is 6.59. The molecule has 0 spiro atoms. The second kappa shape index (κ2) is 11.4. The van der Waals surface area contributed by atoms with Crippen molar-refractivity contribution >= 4 is 35.0 Å². The Morgan fingerprint density at radius 2 is 1.67 bits per heavy atom. The van der Waals surface area contributed by atoms with E-state index in [4.69, 9.17) is 23.2 Å². The molecule has 0 saturated heterocycles. The van der Waals surface area contributed by atoms with Gasteiger partial charge in [0.05, 0.1) is 6.42 Å². The number of likely N-dealkylation sites (N-methyl/N-ethyl adjacent to an activating group) is 1. The Morgan fingerprint density at radius 1 is 0.939 bits per heavy atom. The van der Waals surface area contributed by atoms with Crippen LogP contribution in [0.4, 0.5) is 0 Å². The highest BCUT2D eigenvalue weighted by Gasteiger charge is 2.30. The van der Waals surface area contributed by atoms with Gasteiger partial charge in [-0.3, -0.25) is 9.59 Å². The molecule has 0 saturated carbocycles. The van der Waals surface area contributed by atoms with E-state index in [1.54, 1.807) is 30.1 Å². The van der Waals surface area contributed by atoms with Crippen LogP contribution in [0.15, 0.2) is 66.7 Å². The zero-order chi connectivity index (χ0) is 24.0. The maximum atomic E-state index is 13.7. The van der Waals surface area contributed by atoms with Crippen molar-refractivity contribution in [3.05, 3.63) is 105 Å². The predicted molar refractivity (Wildman–Crippen MR) is 135 cm³/mol. The number of aryl methyl sites for hydroxylation is 2. The minimum Gasteiger partial charge on any atom is -0.357 e. The summed E-state index contributed by atoms with van der Waals surface area (Å²) in [6.07, 6.45) is 0.589. The van der Waals surface area contributed by atoms with Crippen molar-refractivity contribution in [3.63, 3.8) is 0 Å². The van der Waals surface area contributed by atoms with E-state index in [0.717, 1.165) is 27.8 Å². The third-order valence-corrected chi connectivity index (χ3v) is 6.31. The van der Waals surface area contributed by atoms with Gasteiger partial charge in [-0.2, -0.15) is 0 Å². The summed E-state index contributed by atoms with van der Waals surface area (Å²) in [6, 6.07) is 20.2. The molecular weight excluding hydrogens is 455 g/mol. The lowest BCUT2D eigenvalue weighted by Crippen LogP contribution is -2.50. The van der Waals surface area contributed by atoms with Gasteiger partial charge in [0.1, 0.15) is 6.04 Å². The lowest BCUT2D eigenvalue weighted by atomic mass is 9.99. The van der Waals surface area contributed by atoms with Crippen LogP contribution in [0.3, 0.4) is 0 Å². The highest BCUT2D eigenvalue weighted by molar-refractivity contribution is 6.35. The fraction of sp³-hybridized carbons (Fsp3) is 0.259. The van der Waals surface area contributed by atoms with Crippen molar-refractivity contribution in [2.75, 3.05) is 7.05 Å². The predicted octanol–water partition coefficient (Wildman–Crippen LogP) is 5.54. The molecule has 4 nitrogen and oxygen atoms in total. The maximum Gasteiger partial charge on any atom is 0.242 e. The minimum absolute atomic E-state index is 0.140. The first-order valence-corrected chi connectivity index (χ1v) is 11.6. The Labute approximate surface area is 205 Å². The Hall–Kier alpha value is -2.82. The topological polar surface area (TPSA) is 49.4 Å². The molecule has 3 rings (SSSR count). The largest absolute Gasteiger partial charge is 0.357 e. The molecule has 1 unspecified atom stereocenters. The average molecular weight is 483 g/mol. The number of nitrogens with one attached hydrogen (secondary N) is 1. The van der Waals surface area contributed by atoms with Crippen LogP contribution in [-0.4, -0.2) is 29.8 Å². The first-order chi connectivity index (χ1) is 15.8. The maximum absolute atomic E-state index is 13.7. The number of carbonyl (C=O) groups is 2. The summed E-state index contributed by atoms with van der Waals surface area (Å²) in [5.41, 5.74) is 4.78. The molecule has 172 valence electrons. The molecule has 0 aromatic heterocycles. The summed E-state index contributed by atoms with van der Waals surface area (Å²) < 4.78 is 0. The second-order valence-corrected chi connectivity index (χ2v) is 9.03. The van der Waals surface area contributed by atoms with Gasteiger partial charge >= 0.3 is 0 Å². The highest BCUT2D eigenvalue weighted by Crippen LogP contribution is 2.25. The van der Waals surface area contributed by atoms with E-state index in [1.807, 2.05) is 62.4 Å². The third-order valence-electron chi connectivity index (χ3n) is 5.72. The molecule has 0 fully saturated rings. The molecule has 0 heterocycles. The molecule has 33 heavy (non-hydrogen) atoms. The van der Waals surface area contributed by atoms with E-state index < -0.39 is 6.04 Å². The molecule has 0 aliphatic carbocycles. The molecular formula is C27H28Cl2N2O2. The minimum atomic E-state index is -0.693. The smallest absolute Gasteiger partial charge is 0.242 e. The average Bonchev–Trinajstić information content (AvgIpc) is 2.80. The molecule has 1 atom stereocenters. The molecule has 0 aliphatic rings. The Kier molecular flexibility index (Phi) is 8.54. The summed E-state index contributed by atoms with van der Waals surface area (Å²) in [5, 5.41) is 3.71. The Bertz CT molecular complexity index is 1130. The van der Waals surface area contributed by atoms with Crippen LogP contribution >= 0.6 is 23.2 Å². The summed E-state index contributed by atoms with van der Waals surface area (Å²) in [4.78, 5) is 28.3. The van der Waals surface area contributed by atoms with Crippen LogP contribution in [0.25, 0.3) is 0 Å². The van der Waals surface area contributed by atoms with Gasteiger partial charge in [0.25, 0.3) is 0 Å². The molecule has 0 bridgehead atoms. The van der Waals surface area contributed by atoms with Crippen LogP contribution in [-0.2, 0) is 29.0 Å². The fourth-order valence-corrected chi connectivity index (χ4v) is 4.28. The highest BCUT2D eigenvalue weighted by atomic mass is 35.5. The normalized spacial score (nSPS) is 11.7. The van der Waals surface area contributed by atoms with Crippen molar-refractivity contribution < 1.29 is 9.59 Å². The van der Waals surface area contributed by atoms with Gasteiger partial charge in [-0.1, -0.05) is 83.4 Å². The van der Waals surface area contributed by atoms with Crippen LogP contribution in [0.1, 0.15) is 27.8 Å². The van der Waals surface area contributed by atoms with Gasteiger partial charge in [0.2, 0.25) is 11.8 Å². The summed E-state index contributed by atoms with van der Waals surface area (Å²) >= 11 is 12.5. The first-order valence-electron chi connectivity index (χ1n) is 10.8. The second-order valence-electron chi connectivity index (χ2n) is 8.18. The number of nitrogens with zero attached hydrogens (tertiary/aromatic N) is 1. The van der Waals surface area contributed by atoms with Crippen LogP contribution in [0, 0.1) is 13.8 Å². The van der Waals surface area contributed by atoms with Gasteiger partial charge in [-0.15, -0.1) is 0 Å². The van der Waals surface area contributed by atoms with E-state index in [9.17, 15) is 9.59 Å². The van der Waals surface area contributed by atoms with Crippen molar-refractivity contribution in [1.29, 1.82) is 0 Å². The fourth-order valence-electron chi connectivity index (χ4n) is 3.81. The Balaban J connectivity index is 2.00. The number of benzene rings is 3. The molecule has 0 radical (unpaired) electrons. The first kappa shape index (κ1) is 24.8. The van der Waals surface area contributed by atoms with E-state index in [-0.39, 0.29) is 24.8 Å². The number of carbonyl (C=O) groups excluding carboxylic acids is 2. The van der Waals surface area contributed by atoms with E-state index in [1.165, 1.54) is 0 Å². The van der Waals surface area contributed by atoms with Crippen molar-refractivity contribution in [1.82, 2.24) is 10.2 Å². The molecule has 1 N–H and O–H groups in total. The van der Waals surface area contributed by atoms with Crippen molar-refractivity contribution in [3.8, 4) is 0 Å². The number of amides is 2. The number of rotatable bonds is 8. The van der Waals surface area contributed by atoms with Gasteiger partial charge in [0.15, 0.2) is 0 Å². The molecule has 6 heteroatoms. The molecule has 3 aromatic carbocycles. The van der Waals surface area contributed by atoms with Gasteiger partial charge in [0, 0.05) is 30.1 Å². The zero-order valence-corrected chi connectivity index (χ0v) is 20.6. The number of halogens is 2. The summed E-state index contributed by atoms with van der Waals surface area (Å²) in [6.45, 7) is 4.19. The quantitative estimate of drug-likeness (QED) is 0.458. The lowest BCUT2D eigenvalue weighted by molar-refractivity contribution is -0.140. The van der Waals surface area contributed by atoms with E-state index >= 15 is 0 Å². The van der Waals surface area contributed by atoms with Crippen LogP contribution in [0.5, 0.6) is 0 Å². The zero-order valence-electron chi connectivity index (χ0n) is 19.1. The number of hydrogen-bond donors (Lipinski definition) is 1. The summed E-state index contributed by atoms with van der Waals surface area (Å²) in [5.74, 6) is -0.363. The van der Waals surface area contributed by atoms with Crippen molar-refractivity contribution in [2.24, 2.45) is 0 Å². The van der Waals surface area contributed by atoms with Gasteiger partial charge < -0.3 is 10.2 Å². The molecule has 2 amide bonds. The van der Waals surface area contributed by atoms with Gasteiger partial charge in [-0.25, -0.2) is 0 Å². The SMILES string of the molecule is CNC(=O)C(Cc1ccccc1)N(Cc1ccc(Cl)cc1Cl)C(=O)Cc1cc(C)ccc1C. The molecule has 0 aliphatic heterocycles. The van der Waals surface area contributed by atoms with Crippen LogP contribution < -0.4 is 5.32 Å².